The zero-order valence-electron chi connectivity index (χ0n) is 15.1. The zero-order chi connectivity index (χ0) is 17.9. The van der Waals surface area contributed by atoms with Crippen molar-refractivity contribution in [1.29, 1.82) is 0 Å². The summed E-state index contributed by atoms with van der Waals surface area (Å²) in [5, 5.41) is 18.3. The molecule has 0 fully saturated rings. The van der Waals surface area contributed by atoms with Gasteiger partial charge in [-0.05, 0) is 38.5 Å². The van der Waals surface area contributed by atoms with Gasteiger partial charge in [0.2, 0.25) is 0 Å². The predicted molar refractivity (Wildman–Crippen MR) is 102 cm³/mol. The molecule has 0 aliphatic heterocycles. The number of hydrogen-bond acceptors (Lipinski definition) is 2. The molecule has 0 aliphatic rings. The third kappa shape index (κ3) is 18.4. The van der Waals surface area contributed by atoms with Gasteiger partial charge >= 0.3 is 5.97 Å². The Balaban J connectivity index is 3.54. The molecule has 0 aromatic carbocycles. The van der Waals surface area contributed by atoms with Crippen LogP contribution in [0.1, 0.15) is 71.1 Å². The van der Waals surface area contributed by atoms with Gasteiger partial charge in [-0.25, -0.2) is 0 Å². The lowest BCUT2D eigenvalue weighted by Crippen LogP contribution is -2.03. The number of aliphatic carboxylic acids is 1. The second-order valence-electron chi connectivity index (χ2n) is 5.94. The Morgan fingerprint density at radius 1 is 0.917 bits per heavy atom. The molecule has 0 saturated carbocycles. The fourth-order valence-electron chi connectivity index (χ4n) is 2.15. The molecule has 3 heteroatoms. The molecular formula is C21H34O3. The Hall–Kier alpha value is -1.61. The van der Waals surface area contributed by atoms with Gasteiger partial charge < -0.3 is 10.2 Å². The van der Waals surface area contributed by atoms with Crippen LogP contribution in [-0.4, -0.2) is 22.3 Å². The van der Waals surface area contributed by atoms with Crippen LogP contribution in [0, 0.1) is 0 Å². The maximum Gasteiger partial charge on any atom is 0.303 e. The number of carbonyl (C=O) groups is 1. The van der Waals surface area contributed by atoms with Crippen LogP contribution in [0.15, 0.2) is 48.6 Å². The first kappa shape index (κ1) is 22.4. The summed E-state index contributed by atoms with van der Waals surface area (Å²) in [5.41, 5.74) is 0. The molecule has 0 amide bonds. The molecule has 0 unspecified atom stereocenters. The molecule has 0 aliphatic carbocycles. The van der Waals surface area contributed by atoms with E-state index >= 15 is 0 Å². The van der Waals surface area contributed by atoms with Crippen LogP contribution in [0.25, 0.3) is 0 Å². The standard InChI is InChI=1S/C21H34O3/c1-2-3-14-17-20(22)18-15-12-10-8-6-4-5-7-9-11-13-16-19-21(23)24/h4-5,8-12,15,20,22H,2-3,6-7,13-14,16-19H2,1H3,(H,23,24)/b5-4-,10-8-,11-9-,15-12+/t20-/m0/s1. The van der Waals surface area contributed by atoms with Gasteiger partial charge in [0.05, 0.1) is 6.10 Å². The van der Waals surface area contributed by atoms with Crippen molar-refractivity contribution < 1.29 is 15.0 Å². The number of hydrogen-bond donors (Lipinski definition) is 2. The number of aliphatic hydroxyl groups is 1. The molecule has 0 aromatic heterocycles. The van der Waals surface area contributed by atoms with E-state index < -0.39 is 5.97 Å². The van der Waals surface area contributed by atoms with Crippen molar-refractivity contribution in [2.24, 2.45) is 0 Å². The summed E-state index contributed by atoms with van der Waals surface area (Å²) in [4.78, 5) is 10.3. The van der Waals surface area contributed by atoms with E-state index in [0.29, 0.717) is 6.42 Å². The quantitative estimate of drug-likeness (QED) is 0.233. The molecule has 1 atom stereocenters. The van der Waals surface area contributed by atoms with Crippen molar-refractivity contribution in [1.82, 2.24) is 0 Å². The van der Waals surface area contributed by atoms with Crippen LogP contribution in [0.3, 0.4) is 0 Å². The van der Waals surface area contributed by atoms with Gasteiger partial charge in [-0.1, -0.05) is 74.8 Å². The summed E-state index contributed by atoms with van der Waals surface area (Å²) in [5.74, 6) is -0.727. The minimum Gasteiger partial charge on any atom is -0.481 e. The van der Waals surface area contributed by atoms with E-state index in [2.05, 4.69) is 31.2 Å². The second-order valence-corrected chi connectivity index (χ2v) is 5.94. The molecule has 0 saturated heterocycles. The number of carboxylic acids is 1. The molecule has 0 spiro atoms. The highest BCUT2D eigenvalue weighted by molar-refractivity contribution is 5.66. The van der Waals surface area contributed by atoms with Crippen LogP contribution in [-0.2, 0) is 4.79 Å². The van der Waals surface area contributed by atoms with E-state index in [1.807, 2.05) is 24.3 Å². The molecule has 0 radical (unpaired) electrons. The highest BCUT2D eigenvalue weighted by atomic mass is 16.4. The van der Waals surface area contributed by atoms with Gasteiger partial charge in [-0.15, -0.1) is 0 Å². The molecule has 136 valence electrons. The van der Waals surface area contributed by atoms with Crippen molar-refractivity contribution in [3.8, 4) is 0 Å². The molecule has 3 nitrogen and oxygen atoms in total. The van der Waals surface area contributed by atoms with Crippen molar-refractivity contribution in [3.63, 3.8) is 0 Å². The number of carboxylic acid groups (broad SMARTS) is 1. The van der Waals surface area contributed by atoms with E-state index in [1.165, 1.54) is 12.8 Å². The summed E-state index contributed by atoms with van der Waals surface area (Å²) >= 11 is 0. The highest BCUT2D eigenvalue weighted by Gasteiger charge is 1.99. The average molecular weight is 335 g/mol. The van der Waals surface area contributed by atoms with Gasteiger partial charge in [0.25, 0.3) is 0 Å². The summed E-state index contributed by atoms with van der Waals surface area (Å²) < 4.78 is 0. The van der Waals surface area contributed by atoms with Gasteiger partial charge in [-0.2, -0.15) is 0 Å². The van der Waals surface area contributed by atoms with E-state index in [-0.39, 0.29) is 12.5 Å². The van der Waals surface area contributed by atoms with Crippen LogP contribution >= 0.6 is 0 Å². The van der Waals surface area contributed by atoms with Crippen LogP contribution in [0.5, 0.6) is 0 Å². The Morgan fingerprint density at radius 3 is 2.29 bits per heavy atom. The summed E-state index contributed by atoms with van der Waals surface area (Å²) in [6.45, 7) is 2.17. The van der Waals surface area contributed by atoms with Crippen LogP contribution in [0.4, 0.5) is 0 Å². The van der Waals surface area contributed by atoms with Gasteiger partial charge in [0.1, 0.15) is 0 Å². The molecule has 24 heavy (non-hydrogen) atoms. The minimum atomic E-state index is -0.727. The molecule has 0 bridgehead atoms. The normalized spacial score (nSPS) is 13.8. The molecule has 0 heterocycles. The summed E-state index contributed by atoms with van der Waals surface area (Å²) in [7, 11) is 0. The Bertz CT molecular complexity index is 405. The zero-order valence-corrected chi connectivity index (χ0v) is 15.1. The number of aliphatic hydroxyl groups excluding tert-OH is 1. The molecule has 0 aromatic rings. The second kappa shape index (κ2) is 17.7. The first-order chi connectivity index (χ1) is 11.7. The fourth-order valence-corrected chi connectivity index (χ4v) is 2.15. The van der Waals surface area contributed by atoms with Crippen molar-refractivity contribution in [2.45, 2.75) is 77.2 Å². The third-order valence-electron chi connectivity index (χ3n) is 3.57. The predicted octanol–water partition coefficient (Wildman–Crippen LogP) is 5.58. The van der Waals surface area contributed by atoms with Gasteiger partial charge in [0, 0.05) is 6.42 Å². The van der Waals surface area contributed by atoms with E-state index in [4.69, 9.17) is 5.11 Å². The van der Waals surface area contributed by atoms with Gasteiger partial charge in [-0.3, -0.25) is 4.79 Å². The lowest BCUT2D eigenvalue weighted by molar-refractivity contribution is -0.137. The number of allylic oxidation sites excluding steroid dienone is 7. The first-order valence-corrected chi connectivity index (χ1v) is 9.18. The SMILES string of the molecule is CCCCC[C@H](O)C/C=C/C=C\C/C=C\C/C=C\CCCC(=O)O. The molecular weight excluding hydrogens is 300 g/mol. The van der Waals surface area contributed by atoms with Crippen molar-refractivity contribution >= 4 is 5.97 Å². The maximum absolute atomic E-state index is 10.3. The molecule has 2 N–H and O–H groups in total. The first-order valence-electron chi connectivity index (χ1n) is 9.18. The van der Waals surface area contributed by atoms with E-state index in [1.54, 1.807) is 0 Å². The van der Waals surface area contributed by atoms with Crippen LogP contribution in [0.2, 0.25) is 0 Å². The monoisotopic (exact) mass is 334 g/mol. The smallest absolute Gasteiger partial charge is 0.303 e. The topological polar surface area (TPSA) is 57.5 Å². The maximum atomic E-state index is 10.3. The van der Waals surface area contributed by atoms with Gasteiger partial charge in [0.15, 0.2) is 0 Å². The Morgan fingerprint density at radius 2 is 1.58 bits per heavy atom. The number of unbranched alkanes of at least 4 members (excludes halogenated alkanes) is 3. The number of rotatable bonds is 15. The van der Waals surface area contributed by atoms with E-state index in [0.717, 1.165) is 38.5 Å². The largest absolute Gasteiger partial charge is 0.481 e. The Kier molecular flexibility index (Phi) is 16.5. The molecule has 0 rings (SSSR count). The fraction of sp³-hybridized carbons (Fsp3) is 0.571. The average Bonchev–Trinajstić information content (AvgIpc) is 2.55. The lowest BCUT2D eigenvalue weighted by Gasteiger charge is -2.06. The highest BCUT2D eigenvalue weighted by Crippen LogP contribution is 2.06. The van der Waals surface area contributed by atoms with Crippen molar-refractivity contribution in [3.05, 3.63) is 48.6 Å². The van der Waals surface area contributed by atoms with Crippen molar-refractivity contribution in [2.75, 3.05) is 0 Å². The third-order valence-corrected chi connectivity index (χ3v) is 3.57. The minimum absolute atomic E-state index is 0.205. The van der Waals surface area contributed by atoms with E-state index in [9.17, 15) is 9.90 Å². The van der Waals surface area contributed by atoms with Crippen LogP contribution < -0.4 is 0 Å². The summed E-state index contributed by atoms with van der Waals surface area (Å²) in [6, 6.07) is 0. The lowest BCUT2D eigenvalue weighted by atomic mass is 10.1. The Labute approximate surface area is 147 Å². The summed E-state index contributed by atoms with van der Waals surface area (Å²) in [6.07, 6.45) is 25.0.